The molecule has 0 radical (unpaired) electrons. The zero-order valence-electron chi connectivity index (χ0n) is 16.7. The zero-order valence-corrected chi connectivity index (χ0v) is 17.5. The molecule has 5 rings (SSSR count). The van der Waals surface area contributed by atoms with E-state index < -0.39 is 0 Å². The average molecular weight is 421 g/mol. The van der Waals surface area contributed by atoms with Gasteiger partial charge in [0, 0.05) is 22.6 Å². The molecule has 0 bridgehead atoms. The van der Waals surface area contributed by atoms with Crippen molar-refractivity contribution in [2.45, 2.75) is 18.7 Å². The summed E-state index contributed by atoms with van der Waals surface area (Å²) in [4.78, 5) is 0. The van der Waals surface area contributed by atoms with Gasteiger partial charge >= 0.3 is 0 Å². The highest BCUT2D eigenvalue weighted by Crippen LogP contribution is 2.48. The second-order valence-corrected chi connectivity index (χ2v) is 7.74. The molecule has 0 unspecified atom stereocenters. The maximum Gasteiger partial charge on any atom is 0.214 e. The number of hydrazone groups is 1. The van der Waals surface area contributed by atoms with Gasteiger partial charge in [-0.1, -0.05) is 23.7 Å². The number of hydrogen-bond donors (Lipinski definition) is 0. The first-order valence-corrected chi connectivity index (χ1v) is 10.1. The molecule has 0 aliphatic carbocycles. The molecule has 2 aliphatic heterocycles. The molecular weight excluding hydrogens is 400 g/mol. The van der Waals surface area contributed by atoms with E-state index in [9.17, 15) is 0 Å². The Labute approximate surface area is 180 Å². The van der Waals surface area contributed by atoms with Crippen LogP contribution in [0.5, 0.6) is 17.2 Å². The Balaban J connectivity index is 1.58. The van der Waals surface area contributed by atoms with Gasteiger partial charge in [0.05, 0.1) is 26.0 Å². The zero-order chi connectivity index (χ0) is 20.7. The minimum absolute atomic E-state index is 0.0424. The number of fused-ring (bicyclic) bond motifs is 3. The molecular formula is C24H21ClN2O3. The summed E-state index contributed by atoms with van der Waals surface area (Å²) in [6.45, 7) is 0. The molecule has 0 fully saturated rings. The van der Waals surface area contributed by atoms with Crippen LogP contribution in [0.2, 0.25) is 5.02 Å². The smallest absolute Gasteiger partial charge is 0.214 e. The van der Waals surface area contributed by atoms with Crippen molar-refractivity contribution >= 4 is 17.3 Å². The van der Waals surface area contributed by atoms with Crippen LogP contribution in [0, 0.1) is 0 Å². The van der Waals surface area contributed by atoms with Crippen LogP contribution in [0.3, 0.4) is 0 Å². The molecule has 0 amide bonds. The van der Waals surface area contributed by atoms with E-state index in [2.05, 4.69) is 0 Å². The summed E-state index contributed by atoms with van der Waals surface area (Å²) >= 11 is 6.30. The third-order valence-corrected chi connectivity index (χ3v) is 5.79. The fourth-order valence-corrected chi connectivity index (χ4v) is 4.21. The van der Waals surface area contributed by atoms with Gasteiger partial charge in [0.25, 0.3) is 0 Å². The van der Waals surface area contributed by atoms with Crippen LogP contribution in [-0.2, 0) is 0 Å². The van der Waals surface area contributed by atoms with Gasteiger partial charge in [0.2, 0.25) is 6.23 Å². The van der Waals surface area contributed by atoms with Crippen LogP contribution < -0.4 is 14.2 Å². The Hall–Kier alpha value is -3.18. The van der Waals surface area contributed by atoms with E-state index in [1.807, 2.05) is 71.7 Å². The van der Waals surface area contributed by atoms with E-state index in [0.29, 0.717) is 5.02 Å². The molecule has 3 aromatic rings. The monoisotopic (exact) mass is 420 g/mol. The minimum atomic E-state index is -0.352. The largest absolute Gasteiger partial charge is 0.497 e. The predicted octanol–water partition coefficient (Wildman–Crippen LogP) is 5.60. The fourth-order valence-electron chi connectivity index (χ4n) is 4.03. The first-order valence-electron chi connectivity index (χ1n) is 9.76. The maximum absolute atomic E-state index is 6.39. The molecule has 0 saturated heterocycles. The first-order chi connectivity index (χ1) is 14.7. The van der Waals surface area contributed by atoms with Crippen molar-refractivity contribution in [3.05, 3.63) is 88.4 Å². The van der Waals surface area contributed by atoms with Crippen molar-refractivity contribution in [3.63, 3.8) is 0 Å². The van der Waals surface area contributed by atoms with Gasteiger partial charge in [-0.15, -0.1) is 0 Å². The van der Waals surface area contributed by atoms with Crippen LogP contribution >= 0.6 is 11.6 Å². The first kappa shape index (κ1) is 18.8. The summed E-state index contributed by atoms with van der Waals surface area (Å²) < 4.78 is 17.1. The molecule has 30 heavy (non-hydrogen) atoms. The van der Waals surface area contributed by atoms with Gasteiger partial charge < -0.3 is 14.2 Å². The minimum Gasteiger partial charge on any atom is -0.497 e. The van der Waals surface area contributed by atoms with Gasteiger partial charge in [-0.25, -0.2) is 5.01 Å². The highest BCUT2D eigenvalue weighted by atomic mass is 35.5. The van der Waals surface area contributed by atoms with E-state index in [-0.39, 0.29) is 12.3 Å². The topological polar surface area (TPSA) is 43.3 Å². The van der Waals surface area contributed by atoms with Gasteiger partial charge in [-0.3, -0.25) is 0 Å². The van der Waals surface area contributed by atoms with Crippen LogP contribution in [0.15, 0.2) is 71.8 Å². The van der Waals surface area contributed by atoms with Gasteiger partial charge in [-0.2, -0.15) is 5.10 Å². The maximum atomic E-state index is 6.39. The summed E-state index contributed by atoms with van der Waals surface area (Å²) in [6.07, 6.45) is 0.415. The lowest BCUT2D eigenvalue weighted by Crippen LogP contribution is -2.33. The summed E-state index contributed by atoms with van der Waals surface area (Å²) in [7, 11) is 3.33. The van der Waals surface area contributed by atoms with Crippen molar-refractivity contribution in [2.75, 3.05) is 14.2 Å². The predicted molar refractivity (Wildman–Crippen MR) is 117 cm³/mol. The second kappa shape index (κ2) is 7.58. The molecule has 152 valence electrons. The molecule has 0 aromatic heterocycles. The third kappa shape index (κ3) is 3.25. The molecule has 5 nitrogen and oxygen atoms in total. The number of methoxy groups -OCH3 is 2. The summed E-state index contributed by atoms with van der Waals surface area (Å²) in [6, 6.07) is 21.7. The van der Waals surface area contributed by atoms with Crippen LogP contribution in [0.1, 0.15) is 35.4 Å². The Morgan fingerprint density at radius 2 is 1.77 bits per heavy atom. The Kier molecular flexibility index (Phi) is 4.75. The van der Waals surface area contributed by atoms with Gasteiger partial charge in [0.1, 0.15) is 17.2 Å². The Morgan fingerprint density at radius 1 is 0.967 bits per heavy atom. The average Bonchev–Trinajstić information content (AvgIpc) is 3.24. The number of hydrogen-bond acceptors (Lipinski definition) is 5. The van der Waals surface area contributed by atoms with E-state index in [1.54, 1.807) is 14.2 Å². The molecule has 2 atom stereocenters. The van der Waals surface area contributed by atoms with Crippen molar-refractivity contribution in [1.29, 1.82) is 0 Å². The standard InChI is InChI=1S/C24H21ClN2O3/c1-28-18-9-6-15(7-10-18)21-14-22-20-13-17(25)8-11-23(20)30-24(27(22)26-21)16-4-3-5-19(12-16)29-2/h3-13,22,24H,14H2,1-2H3/t22-,24+/m0/s1. The van der Waals surface area contributed by atoms with Crippen molar-refractivity contribution in [2.24, 2.45) is 5.10 Å². The summed E-state index contributed by atoms with van der Waals surface area (Å²) in [5.41, 5.74) is 4.11. The van der Waals surface area contributed by atoms with E-state index in [1.165, 1.54) is 0 Å². The van der Waals surface area contributed by atoms with Crippen LogP contribution in [0.4, 0.5) is 0 Å². The number of rotatable bonds is 4. The lowest BCUT2D eigenvalue weighted by molar-refractivity contribution is -0.0191. The quantitative estimate of drug-likeness (QED) is 0.551. The fraction of sp³-hybridized carbons (Fsp3) is 0.208. The van der Waals surface area contributed by atoms with Crippen molar-refractivity contribution in [3.8, 4) is 17.2 Å². The molecule has 2 heterocycles. The van der Waals surface area contributed by atoms with Gasteiger partial charge in [-0.05, 0) is 60.2 Å². The lowest BCUT2D eigenvalue weighted by atomic mass is 9.96. The highest BCUT2D eigenvalue weighted by Gasteiger charge is 2.41. The molecule has 0 saturated carbocycles. The van der Waals surface area contributed by atoms with Crippen molar-refractivity contribution in [1.82, 2.24) is 5.01 Å². The molecule has 2 aliphatic rings. The van der Waals surface area contributed by atoms with E-state index in [4.69, 9.17) is 30.9 Å². The highest BCUT2D eigenvalue weighted by molar-refractivity contribution is 6.30. The SMILES string of the molecule is COc1ccc(C2=NN3[C@@H](c4cccc(OC)c4)Oc4ccc(Cl)cc4[C@@H]3C2)cc1. The Bertz CT molecular complexity index is 1110. The summed E-state index contributed by atoms with van der Waals surface area (Å²) in [5, 5.41) is 7.70. The molecule has 3 aromatic carbocycles. The van der Waals surface area contributed by atoms with Crippen LogP contribution in [-0.4, -0.2) is 24.9 Å². The number of halogens is 1. The number of ether oxygens (including phenoxy) is 3. The van der Waals surface area contributed by atoms with Crippen LogP contribution in [0.25, 0.3) is 0 Å². The van der Waals surface area contributed by atoms with Gasteiger partial charge in [0.15, 0.2) is 0 Å². The van der Waals surface area contributed by atoms with E-state index in [0.717, 1.165) is 46.1 Å². The molecule has 0 spiro atoms. The molecule has 6 heteroatoms. The normalized spacial score (nSPS) is 19.4. The number of benzene rings is 3. The second-order valence-electron chi connectivity index (χ2n) is 7.30. The lowest BCUT2D eigenvalue weighted by Gasteiger charge is -2.38. The Morgan fingerprint density at radius 3 is 2.53 bits per heavy atom. The molecule has 0 N–H and O–H groups in total. The van der Waals surface area contributed by atoms with Crippen molar-refractivity contribution < 1.29 is 14.2 Å². The van der Waals surface area contributed by atoms with E-state index >= 15 is 0 Å². The third-order valence-electron chi connectivity index (χ3n) is 5.55. The summed E-state index contributed by atoms with van der Waals surface area (Å²) in [5.74, 6) is 2.44. The number of nitrogens with zero attached hydrogens (tertiary/aromatic N) is 2.